The fourth-order valence-corrected chi connectivity index (χ4v) is 4.60. The molecule has 2 aromatic carbocycles. The first-order valence-electron chi connectivity index (χ1n) is 12.2. The molecular weight excluding hydrogens is 452 g/mol. The van der Waals surface area contributed by atoms with Crippen LogP contribution in [0, 0.1) is 17.7 Å². The highest BCUT2D eigenvalue weighted by Crippen LogP contribution is 2.29. The molecule has 1 saturated heterocycles. The number of imidazole rings is 1. The lowest BCUT2D eigenvalue weighted by Crippen LogP contribution is -2.36. The van der Waals surface area contributed by atoms with Gasteiger partial charge in [-0.2, -0.15) is 0 Å². The normalized spacial score (nSPS) is 13.9. The number of nitrogens with one attached hydrogen (secondary N) is 4. The van der Waals surface area contributed by atoms with Crippen LogP contribution in [-0.4, -0.2) is 52.1 Å². The Kier molecular flexibility index (Phi) is 7.68. The second kappa shape index (κ2) is 11.1. The molecule has 0 spiro atoms. The number of rotatable bonds is 8. The van der Waals surface area contributed by atoms with Crippen molar-refractivity contribution in [2.45, 2.75) is 39.2 Å². The summed E-state index contributed by atoms with van der Waals surface area (Å²) in [6, 6.07) is 15.4. The van der Waals surface area contributed by atoms with E-state index in [0.717, 1.165) is 48.7 Å². The minimum atomic E-state index is -0.140. The van der Waals surface area contributed by atoms with Gasteiger partial charge in [0.2, 0.25) is 5.91 Å². The maximum atomic E-state index is 13.0. The number of carbonyl (C=O) groups excluding carboxylic acids is 1. The largest absolute Gasteiger partial charge is 0.384 e. The van der Waals surface area contributed by atoms with Gasteiger partial charge in [-0.3, -0.25) is 15.6 Å². The van der Waals surface area contributed by atoms with Crippen molar-refractivity contribution >= 4 is 29.0 Å². The van der Waals surface area contributed by atoms with E-state index >= 15 is 0 Å². The number of hydrogen-bond donors (Lipinski definition) is 5. The average Bonchev–Trinajstić information content (AvgIpc) is 3.28. The van der Waals surface area contributed by atoms with Crippen LogP contribution in [-0.2, 0) is 11.3 Å². The van der Waals surface area contributed by atoms with E-state index in [-0.39, 0.29) is 18.3 Å². The first kappa shape index (κ1) is 25.0. The maximum absolute atomic E-state index is 13.0. The number of benzene rings is 2. The number of carbonyl (C=O) groups is 1. The number of aromatic amines is 1. The molecule has 1 aliphatic rings. The molecule has 3 aromatic rings. The summed E-state index contributed by atoms with van der Waals surface area (Å²) in [6.07, 6.45) is 3.71. The SMILES string of the molecule is CC(=N)N1CCC(c2ccc(NC(=O)CN(Cc3nc[nH]c3C)c3cccc(C(=N)N)c3)cc2)CC1. The highest BCUT2D eigenvalue weighted by molar-refractivity contribution is 5.97. The van der Waals surface area contributed by atoms with E-state index < -0.39 is 0 Å². The van der Waals surface area contributed by atoms with E-state index in [1.807, 2.05) is 49.1 Å². The van der Waals surface area contributed by atoms with Crippen molar-refractivity contribution in [1.82, 2.24) is 14.9 Å². The smallest absolute Gasteiger partial charge is 0.243 e. The Balaban J connectivity index is 1.42. The van der Waals surface area contributed by atoms with Crippen LogP contribution in [0.3, 0.4) is 0 Å². The Morgan fingerprint density at radius 1 is 1.19 bits per heavy atom. The van der Waals surface area contributed by atoms with Gasteiger partial charge in [0.25, 0.3) is 0 Å². The molecule has 0 atom stereocenters. The van der Waals surface area contributed by atoms with E-state index in [2.05, 4.69) is 32.3 Å². The van der Waals surface area contributed by atoms with Crippen LogP contribution < -0.4 is 16.0 Å². The number of hydrogen-bond acceptors (Lipinski definition) is 5. The van der Waals surface area contributed by atoms with Gasteiger partial charge in [-0.05, 0) is 62.4 Å². The molecule has 1 amide bonds. The first-order valence-corrected chi connectivity index (χ1v) is 12.2. The molecule has 0 saturated carbocycles. The van der Waals surface area contributed by atoms with Crippen LogP contribution >= 0.6 is 0 Å². The van der Waals surface area contributed by atoms with Gasteiger partial charge in [0.1, 0.15) is 5.84 Å². The van der Waals surface area contributed by atoms with Gasteiger partial charge in [0, 0.05) is 35.7 Å². The Hall–Kier alpha value is -4.14. The first-order chi connectivity index (χ1) is 17.3. The fourth-order valence-electron chi connectivity index (χ4n) is 4.60. The van der Waals surface area contributed by atoms with Gasteiger partial charge in [0.15, 0.2) is 0 Å². The van der Waals surface area contributed by atoms with E-state index in [1.54, 1.807) is 12.4 Å². The van der Waals surface area contributed by atoms with E-state index in [4.69, 9.17) is 16.6 Å². The third kappa shape index (κ3) is 6.10. The van der Waals surface area contributed by atoms with Crippen molar-refractivity contribution in [3.05, 3.63) is 77.4 Å². The number of nitrogens with zero attached hydrogens (tertiary/aromatic N) is 3. The number of aryl methyl sites for hydroxylation is 1. The van der Waals surface area contributed by atoms with Crippen molar-refractivity contribution in [1.29, 1.82) is 10.8 Å². The molecule has 9 heteroatoms. The van der Waals surface area contributed by atoms with Crippen molar-refractivity contribution in [3.8, 4) is 0 Å². The number of amides is 1. The predicted molar refractivity (Wildman–Crippen MR) is 144 cm³/mol. The zero-order chi connectivity index (χ0) is 25.7. The van der Waals surface area contributed by atoms with E-state index in [9.17, 15) is 4.79 Å². The van der Waals surface area contributed by atoms with Crippen LogP contribution in [0.1, 0.15) is 48.2 Å². The van der Waals surface area contributed by atoms with Crippen LogP contribution in [0.4, 0.5) is 11.4 Å². The zero-order valence-electron chi connectivity index (χ0n) is 20.8. The lowest BCUT2D eigenvalue weighted by atomic mass is 9.89. The van der Waals surface area contributed by atoms with Gasteiger partial charge in [0.05, 0.1) is 30.9 Å². The topological polar surface area (TPSA) is 138 Å². The highest BCUT2D eigenvalue weighted by atomic mass is 16.2. The van der Waals surface area contributed by atoms with Gasteiger partial charge in [-0.15, -0.1) is 0 Å². The number of H-pyrrole nitrogens is 1. The van der Waals surface area contributed by atoms with Crippen molar-refractivity contribution in [2.75, 3.05) is 29.9 Å². The fraction of sp³-hybridized carbons (Fsp3) is 0.333. The van der Waals surface area contributed by atoms with Crippen molar-refractivity contribution in [2.24, 2.45) is 5.73 Å². The maximum Gasteiger partial charge on any atom is 0.243 e. The lowest BCUT2D eigenvalue weighted by molar-refractivity contribution is -0.115. The minimum Gasteiger partial charge on any atom is -0.384 e. The average molecular weight is 487 g/mol. The molecule has 0 bridgehead atoms. The monoisotopic (exact) mass is 486 g/mol. The molecule has 0 radical (unpaired) electrons. The van der Waals surface area contributed by atoms with E-state index in [1.165, 1.54) is 5.56 Å². The second-order valence-electron chi connectivity index (χ2n) is 9.31. The summed E-state index contributed by atoms with van der Waals surface area (Å²) in [4.78, 5) is 24.6. The molecule has 0 aliphatic carbocycles. The number of piperidine rings is 1. The van der Waals surface area contributed by atoms with Gasteiger partial charge < -0.3 is 25.8 Å². The predicted octanol–water partition coefficient (Wildman–Crippen LogP) is 3.82. The summed E-state index contributed by atoms with van der Waals surface area (Å²) < 4.78 is 0. The highest BCUT2D eigenvalue weighted by Gasteiger charge is 2.21. The Morgan fingerprint density at radius 3 is 2.53 bits per heavy atom. The Labute approximate surface area is 211 Å². The molecule has 0 unspecified atom stereocenters. The van der Waals surface area contributed by atoms with Gasteiger partial charge in [-0.25, -0.2) is 4.98 Å². The Bertz CT molecular complexity index is 1220. The summed E-state index contributed by atoms with van der Waals surface area (Å²) in [5, 5.41) is 18.6. The molecule has 1 fully saturated rings. The third-order valence-electron chi connectivity index (χ3n) is 6.77. The molecule has 36 heavy (non-hydrogen) atoms. The molecule has 2 heterocycles. The van der Waals surface area contributed by atoms with Crippen LogP contribution in [0.25, 0.3) is 0 Å². The Morgan fingerprint density at radius 2 is 1.92 bits per heavy atom. The third-order valence-corrected chi connectivity index (χ3v) is 6.77. The second-order valence-corrected chi connectivity index (χ2v) is 9.31. The summed E-state index contributed by atoms with van der Waals surface area (Å²) in [5.74, 6) is 0.956. The van der Waals surface area contributed by atoms with Gasteiger partial charge >= 0.3 is 0 Å². The summed E-state index contributed by atoms with van der Waals surface area (Å²) >= 11 is 0. The van der Waals surface area contributed by atoms with E-state index in [0.29, 0.717) is 23.9 Å². The summed E-state index contributed by atoms with van der Waals surface area (Å²) in [7, 11) is 0. The number of likely N-dealkylation sites (tertiary alicyclic amines) is 1. The number of aromatic nitrogens is 2. The lowest BCUT2D eigenvalue weighted by Gasteiger charge is -2.33. The standard InChI is InChI=1S/C27H34N8O/c1-18-25(32-17-31-18)15-35(24-5-3-4-22(14-24)27(29)30)16-26(36)33-23-8-6-20(7-9-23)21-10-12-34(13-11-21)19(2)28/h3-9,14,17,21,28H,10-13,15-16H2,1-2H3,(H3,29,30)(H,31,32)(H,33,36). The number of nitrogen functional groups attached to an aromatic ring is 1. The summed E-state index contributed by atoms with van der Waals surface area (Å²) in [5.41, 5.74) is 10.9. The molecule has 4 rings (SSSR count). The van der Waals surface area contributed by atoms with Crippen LogP contribution in [0.15, 0.2) is 54.9 Å². The van der Waals surface area contributed by atoms with Crippen LogP contribution in [0.5, 0.6) is 0 Å². The number of amidine groups is 2. The zero-order valence-corrected chi connectivity index (χ0v) is 20.8. The number of anilines is 2. The molecular formula is C27H34N8O. The molecule has 1 aliphatic heterocycles. The molecule has 1 aromatic heterocycles. The molecule has 188 valence electrons. The molecule has 6 N–H and O–H groups in total. The quantitative estimate of drug-likeness (QED) is 0.243. The van der Waals surface area contributed by atoms with Gasteiger partial charge in [-0.1, -0.05) is 24.3 Å². The van der Waals surface area contributed by atoms with Crippen LogP contribution in [0.2, 0.25) is 0 Å². The molecule has 9 nitrogen and oxygen atoms in total. The number of nitrogens with two attached hydrogens (primary N) is 1. The van der Waals surface area contributed by atoms with Crippen molar-refractivity contribution in [3.63, 3.8) is 0 Å². The summed E-state index contributed by atoms with van der Waals surface area (Å²) in [6.45, 7) is 6.18. The van der Waals surface area contributed by atoms with Crippen molar-refractivity contribution < 1.29 is 4.79 Å². The minimum absolute atomic E-state index is 0.0177.